The van der Waals surface area contributed by atoms with Crippen molar-refractivity contribution >= 4 is 0 Å². The minimum Gasteiger partial charge on any atom is -0.496 e. The van der Waals surface area contributed by atoms with Crippen LogP contribution in [0.1, 0.15) is 17.0 Å². The van der Waals surface area contributed by atoms with Gasteiger partial charge in [0.05, 0.1) is 19.8 Å². The van der Waals surface area contributed by atoms with Crippen LogP contribution >= 0.6 is 0 Å². The zero-order chi connectivity index (χ0) is 14.2. The zero-order valence-corrected chi connectivity index (χ0v) is 12.1. The number of methoxy groups -OCH3 is 1. The fourth-order valence-electron chi connectivity index (χ4n) is 3.56. The summed E-state index contributed by atoms with van der Waals surface area (Å²) in [5.41, 5.74) is 5.12. The van der Waals surface area contributed by atoms with Crippen molar-refractivity contribution in [3.05, 3.63) is 53.6 Å². The molecular formula is C18H19NO2. The van der Waals surface area contributed by atoms with Gasteiger partial charge in [-0.3, -0.25) is 0 Å². The molecule has 0 radical (unpaired) electrons. The Hall–Kier alpha value is -1.84. The molecule has 1 N–H and O–H groups in total. The van der Waals surface area contributed by atoms with Crippen molar-refractivity contribution in [1.29, 1.82) is 0 Å². The Morgan fingerprint density at radius 1 is 1.05 bits per heavy atom. The summed E-state index contributed by atoms with van der Waals surface area (Å²) in [6, 6.07) is 14.8. The number of para-hydroxylation sites is 1. The highest BCUT2D eigenvalue weighted by Gasteiger charge is 2.35. The molecule has 0 saturated carbocycles. The lowest BCUT2D eigenvalue weighted by molar-refractivity contribution is 0.0302. The Morgan fingerprint density at radius 3 is 2.81 bits per heavy atom. The SMILES string of the molecule is COc1ccccc1-c1cccc2c1CO[C@@H]1CNC[C@H]21. The average Bonchev–Trinajstić information content (AvgIpc) is 3.03. The van der Waals surface area contributed by atoms with E-state index in [9.17, 15) is 0 Å². The van der Waals surface area contributed by atoms with Crippen molar-refractivity contribution in [3.8, 4) is 16.9 Å². The second kappa shape index (κ2) is 5.17. The summed E-state index contributed by atoms with van der Waals surface area (Å²) in [5, 5.41) is 3.44. The molecule has 1 fully saturated rings. The lowest BCUT2D eigenvalue weighted by atomic mass is 9.85. The average molecular weight is 281 g/mol. The van der Waals surface area contributed by atoms with E-state index in [1.165, 1.54) is 16.7 Å². The predicted octanol–water partition coefficient (Wildman–Crippen LogP) is 2.95. The third-order valence-corrected chi connectivity index (χ3v) is 4.61. The fourth-order valence-corrected chi connectivity index (χ4v) is 3.56. The molecule has 3 heteroatoms. The molecule has 2 aromatic carbocycles. The molecule has 21 heavy (non-hydrogen) atoms. The van der Waals surface area contributed by atoms with E-state index in [1.54, 1.807) is 7.11 Å². The van der Waals surface area contributed by atoms with E-state index >= 15 is 0 Å². The van der Waals surface area contributed by atoms with Gasteiger partial charge < -0.3 is 14.8 Å². The number of benzene rings is 2. The van der Waals surface area contributed by atoms with E-state index in [0.29, 0.717) is 18.6 Å². The highest BCUT2D eigenvalue weighted by Crippen LogP contribution is 2.40. The smallest absolute Gasteiger partial charge is 0.126 e. The van der Waals surface area contributed by atoms with Crippen LogP contribution in [0.25, 0.3) is 11.1 Å². The van der Waals surface area contributed by atoms with E-state index < -0.39 is 0 Å². The first kappa shape index (κ1) is 12.9. The summed E-state index contributed by atoms with van der Waals surface area (Å²) in [6.07, 6.45) is 0.324. The van der Waals surface area contributed by atoms with Gasteiger partial charge in [0.2, 0.25) is 0 Å². The molecule has 0 amide bonds. The Balaban J connectivity index is 1.86. The van der Waals surface area contributed by atoms with Gasteiger partial charge in [-0.25, -0.2) is 0 Å². The molecule has 2 heterocycles. The van der Waals surface area contributed by atoms with Gasteiger partial charge >= 0.3 is 0 Å². The molecule has 0 spiro atoms. The van der Waals surface area contributed by atoms with Crippen molar-refractivity contribution in [3.63, 3.8) is 0 Å². The third kappa shape index (κ3) is 2.04. The monoisotopic (exact) mass is 281 g/mol. The zero-order valence-electron chi connectivity index (χ0n) is 12.1. The van der Waals surface area contributed by atoms with Gasteiger partial charge in [-0.05, 0) is 22.8 Å². The number of ether oxygens (including phenoxy) is 2. The minimum absolute atomic E-state index is 0.324. The van der Waals surface area contributed by atoms with Crippen LogP contribution in [0.15, 0.2) is 42.5 Å². The summed E-state index contributed by atoms with van der Waals surface area (Å²) in [7, 11) is 1.72. The number of fused-ring (bicyclic) bond motifs is 3. The van der Waals surface area contributed by atoms with Gasteiger partial charge in [0, 0.05) is 24.6 Å². The molecule has 2 aromatic rings. The molecule has 1 saturated heterocycles. The van der Waals surface area contributed by atoms with Crippen molar-refractivity contribution in [1.82, 2.24) is 5.32 Å². The van der Waals surface area contributed by atoms with E-state index in [1.807, 2.05) is 12.1 Å². The number of hydrogen-bond acceptors (Lipinski definition) is 3. The van der Waals surface area contributed by atoms with Gasteiger partial charge in [-0.2, -0.15) is 0 Å². The summed E-state index contributed by atoms with van der Waals surface area (Å²) < 4.78 is 11.6. The quantitative estimate of drug-likeness (QED) is 0.918. The highest BCUT2D eigenvalue weighted by molar-refractivity contribution is 5.74. The first-order valence-electron chi connectivity index (χ1n) is 7.46. The fraction of sp³-hybridized carbons (Fsp3) is 0.333. The molecule has 0 bridgehead atoms. The van der Waals surface area contributed by atoms with Gasteiger partial charge in [0.1, 0.15) is 5.75 Å². The largest absolute Gasteiger partial charge is 0.496 e. The molecular weight excluding hydrogens is 262 g/mol. The first-order valence-corrected chi connectivity index (χ1v) is 7.46. The Kier molecular flexibility index (Phi) is 3.17. The highest BCUT2D eigenvalue weighted by atomic mass is 16.5. The van der Waals surface area contributed by atoms with E-state index in [-0.39, 0.29) is 0 Å². The molecule has 2 aliphatic rings. The first-order chi connectivity index (χ1) is 10.4. The van der Waals surface area contributed by atoms with Crippen LogP contribution in [0.5, 0.6) is 5.75 Å². The van der Waals surface area contributed by atoms with Crippen molar-refractivity contribution in [2.75, 3.05) is 20.2 Å². The van der Waals surface area contributed by atoms with Crippen molar-refractivity contribution < 1.29 is 9.47 Å². The number of hydrogen-bond donors (Lipinski definition) is 1. The Morgan fingerprint density at radius 2 is 1.90 bits per heavy atom. The molecule has 2 atom stereocenters. The molecule has 2 aliphatic heterocycles. The maximum Gasteiger partial charge on any atom is 0.126 e. The minimum atomic E-state index is 0.324. The van der Waals surface area contributed by atoms with E-state index in [2.05, 4.69) is 35.6 Å². The second-order valence-electron chi connectivity index (χ2n) is 5.69. The Labute approximate surface area is 124 Å². The summed E-state index contributed by atoms with van der Waals surface area (Å²) >= 11 is 0. The van der Waals surface area contributed by atoms with Gasteiger partial charge in [-0.15, -0.1) is 0 Å². The maximum atomic E-state index is 6.06. The molecule has 3 nitrogen and oxygen atoms in total. The van der Waals surface area contributed by atoms with Gasteiger partial charge in [0.15, 0.2) is 0 Å². The Bertz CT molecular complexity index is 668. The van der Waals surface area contributed by atoms with Crippen LogP contribution in [-0.4, -0.2) is 26.3 Å². The predicted molar refractivity (Wildman–Crippen MR) is 82.6 cm³/mol. The molecule has 108 valence electrons. The normalized spacial score (nSPS) is 23.5. The topological polar surface area (TPSA) is 30.5 Å². The van der Waals surface area contributed by atoms with Gasteiger partial charge in [-0.1, -0.05) is 36.4 Å². The summed E-state index contributed by atoms with van der Waals surface area (Å²) in [4.78, 5) is 0. The lowest BCUT2D eigenvalue weighted by Gasteiger charge is -2.29. The van der Waals surface area contributed by atoms with Crippen LogP contribution < -0.4 is 10.1 Å². The third-order valence-electron chi connectivity index (χ3n) is 4.61. The van der Waals surface area contributed by atoms with Crippen LogP contribution in [-0.2, 0) is 11.3 Å². The van der Waals surface area contributed by atoms with E-state index in [4.69, 9.17) is 9.47 Å². The van der Waals surface area contributed by atoms with Crippen LogP contribution in [0, 0.1) is 0 Å². The van der Waals surface area contributed by atoms with Crippen LogP contribution in [0.2, 0.25) is 0 Å². The second-order valence-corrected chi connectivity index (χ2v) is 5.69. The van der Waals surface area contributed by atoms with Crippen molar-refractivity contribution in [2.45, 2.75) is 18.6 Å². The summed E-state index contributed by atoms with van der Waals surface area (Å²) in [6.45, 7) is 2.66. The molecule has 0 aliphatic carbocycles. The number of nitrogens with one attached hydrogen (secondary N) is 1. The van der Waals surface area contributed by atoms with E-state index in [0.717, 1.165) is 24.4 Å². The van der Waals surface area contributed by atoms with Crippen molar-refractivity contribution in [2.24, 2.45) is 0 Å². The van der Waals surface area contributed by atoms with Crippen LogP contribution in [0.3, 0.4) is 0 Å². The standard InChI is InChI=1S/C18H19NO2/c1-20-17-8-3-2-5-14(17)12-6-4-7-13-15-9-19-10-18(15)21-11-16(12)13/h2-8,15,18-19H,9-11H2,1H3/t15-,18-/m1/s1. The maximum absolute atomic E-state index is 6.06. The molecule has 0 aromatic heterocycles. The van der Waals surface area contributed by atoms with Gasteiger partial charge in [0.25, 0.3) is 0 Å². The molecule has 0 unspecified atom stereocenters. The molecule has 4 rings (SSSR count). The summed E-state index contributed by atoms with van der Waals surface area (Å²) in [5.74, 6) is 1.39. The number of rotatable bonds is 2. The van der Waals surface area contributed by atoms with Crippen LogP contribution in [0.4, 0.5) is 0 Å². The lowest BCUT2D eigenvalue weighted by Crippen LogP contribution is -2.27.